The van der Waals surface area contributed by atoms with Crippen LogP contribution in [0.2, 0.25) is 0 Å². The zero-order chi connectivity index (χ0) is 13.9. The van der Waals surface area contributed by atoms with E-state index < -0.39 is 0 Å². The predicted molar refractivity (Wildman–Crippen MR) is 75.2 cm³/mol. The van der Waals surface area contributed by atoms with Gasteiger partial charge in [0.2, 0.25) is 0 Å². The van der Waals surface area contributed by atoms with Crippen LogP contribution in [0, 0.1) is 0 Å². The van der Waals surface area contributed by atoms with Crippen LogP contribution in [0.3, 0.4) is 0 Å². The lowest BCUT2D eigenvalue weighted by molar-refractivity contribution is 0.284. The van der Waals surface area contributed by atoms with Gasteiger partial charge in [0.05, 0.1) is 5.56 Å². The quantitative estimate of drug-likeness (QED) is 0.918. The second-order valence-corrected chi connectivity index (χ2v) is 5.45. The lowest BCUT2D eigenvalue weighted by Crippen LogP contribution is -2.16. The van der Waals surface area contributed by atoms with Gasteiger partial charge in [-0.3, -0.25) is 0 Å². The summed E-state index contributed by atoms with van der Waals surface area (Å²) in [6, 6.07) is 9.93. The van der Waals surface area contributed by atoms with E-state index in [1.807, 2.05) is 30.3 Å². The zero-order valence-electron chi connectivity index (χ0n) is 11.6. The fraction of sp³-hybridized carbons (Fsp3) is 0.400. The molecule has 0 bridgehead atoms. The maximum atomic E-state index is 5.59. The molecule has 4 nitrogen and oxygen atoms in total. The Hall–Kier alpha value is -1.81. The molecule has 102 valence electrons. The predicted octanol–water partition coefficient (Wildman–Crippen LogP) is 2.98. The fourth-order valence-electron chi connectivity index (χ4n) is 1.98. The van der Waals surface area contributed by atoms with Crippen LogP contribution in [0.25, 0.3) is 11.3 Å². The molecule has 2 rings (SSSR count). The van der Waals surface area contributed by atoms with E-state index in [0.29, 0.717) is 19.0 Å². The van der Waals surface area contributed by atoms with Gasteiger partial charge in [-0.2, -0.15) is 0 Å². The molecule has 0 saturated carbocycles. The van der Waals surface area contributed by atoms with Crippen molar-refractivity contribution in [3.8, 4) is 17.2 Å². The van der Waals surface area contributed by atoms with Crippen molar-refractivity contribution >= 4 is 0 Å². The van der Waals surface area contributed by atoms with E-state index in [2.05, 4.69) is 25.9 Å². The molecule has 1 aromatic heterocycles. The summed E-state index contributed by atoms with van der Waals surface area (Å²) in [5, 5.41) is 4.04. The van der Waals surface area contributed by atoms with Gasteiger partial charge >= 0.3 is 0 Å². The summed E-state index contributed by atoms with van der Waals surface area (Å²) in [6.45, 7) is 7.23. The van der Waals surface area contributed by atoms with Crippen LogP contribution in [-0.2, 0) is 5.41 Å². The molecule has 0 spiro atoms. The van der Waals surface area contributed by atoms with Crippen LogP contribution in [0.15, 0.2) is 34.9 Å². The summed E-state index contributed by atoms with van der Waals surface area (Å²) in [6.07, 6.45) is 0. The molecule has 2 aromatic rings. The Balaban J connectivity index is 2.47. The van der Waals surface area contributed by atoms with E-state index in [1.165, 1.54) is 0 Å². The van der Waals surface area contributed by atoms with Crippen LogP contribution < -0.4 is 10.5 Å². The zero-order valence-corrected chi connectivity index (χ0v) is 11.6. The molecule has 1 heterocycles. The summed E-state index contributed by atoms with van der Waals surface area (Å²) in [5.74, 6) is 1.30. The average Bonchev–Trinajstić information content (AvgIpc) is 2.81. The third-order valence-corrected chi connectivity index (χ3v) is 2.80. The van der Waals surface area contributed by atoms with Crippen molar-refractivity contribution in [1.82, 2.24) is 5.16 Å². The molecule has 4 heteroatoms. The molecule has 0 atom stereocenters. The van der Waals surface area contributed by atoms with E-state index in [-0.39, 0.29) is 5.41 Å². The first-order valence-corrected chi connectivity index (χ1v) is 6.42. The van der Waals surface area contributed by atoms with Crippen LogP contribution in [0.5, 0.6) is 5.88 Å². The maximum Gasteiger partial charge on any atom is 0.258 e. The number of ether oxygens (including phenoxy) is 1. The van der Waals surface area contributed by atoms with Crippen molar-refractivity contribution in [3.05, 3.63) is 35.9 Å². The Morgan fingerprint density at radius 1 is 1.21 bits per heavy atom. The van der Waals surface area contributed by atoms with Crippen LogP contribution in [-0.4, -0.2) is 18.3 Å². The fourth-order valence-corrected chi connectivity index (χ4v) is 1.98. The van der Waals surface area contributed by atoms with Gasteiger partial charge < -0.3 is 15.0 Å². The van der Waals surface area contributed by atoms with Crippen molar-refractivity contribution < 1.29 is 9.26 Å². The van der Waals surface area contributed by atoms with Crippen LogP contribution in [0.4, 0.5) is 0 Å². The second kappa shape index (κ2) is 5.45. The molecule has 0 aliphatic rings. The Morgan fingerprint density at radius 2 is 1.89 bits per heavy atom. The highest BCUT2D eigenvalue weighted by atomic mass is 16.5. The molecule has 0 fully saturated rings. The third-order valence-electron chi connectivity index (χ3n) is 2.80. The number of nitrogens with two attached hydrogens (primary N) is 1. The summed E-state index contributed by atoms with van der Waals surface area (Å²) in [7, 11) is 0. The van der Waals surface area contributed by atoms with Gasteiger partial charge in [-0.25, -0.2) is 0 Å². The highest BCUT2D eigenvalue weighted by Crippen LogP contribution is 2.39. The van der Waals surface area contributed by atoms with E-state index in [9.17, 15) is 0 Å². The molecule has 0 aliphatic heterocycles. The molecule has 0 amide bonds. The van der Waals surface area contributed by atoms with Crippen molar-refractivity contribution in [2.75, 3.05) is 13.2 Å². The monoisotopic (exact) mass is 260 g/mol. The molecule has 0 radical (unpaired) electrons. The minimum absolute atomic E-state index is 0.116. The van der Waals surface area contributed by atoms with Crippen molar-refractivity contribution in [2.45, 2.75) is 26.2 Å². The normalized spacial score (nSPS) is 11.6. The number of nitrogens with zero attached hydrogens (tertiary/aromatic N) is 1. The van der Waals surface area contributed by atoms with Crippen LogP contribution in [0.1, 0.15) is 26.3 Å². The second-order valence-electron chi connectivity index (χ2n) is 5.45. The highest BCUT2D eigenvalue weighted by molar-refractivity contribution is 5.64. The Labute approximate surface area is 113 Å². The average molecular weight is 260 g/mol. The Morgan fingerprint density at radius 3 is 2.47 bits per heavy atom. The van der Waals surface area contributed by atoms with Crippen LogP contribution >= 0.6 is 0 Å². The number of aromatic nitrogens is 1. The van der Waals surface area contributed by atoms with E-state index >= 15 is 0 Å². The molecule has 2 N–H and O–H groups in total. The molecular weight excluding hydrogens is 240 g/mol. The topological polar surface area (TPSA) is 61.3 Å². The largest absolute Gasteiger partial charge is 0.474 e. The number of benzene rings is 1. The standard InChI is InChI=1S/C15H20N2O2/c1-15(2,3)12-13(11-7-5-4-6-8-11)19-17-14(12)18-10-9-16/h4-8H,9-10,16H2,1-3H3. The summed E-state index contributed by atoms with van der Waals surface area (Å²) in [5.41, 5.74) is 7.34. The summed E-state index contributed by atoms with van der Waals surface area (Å²) >= 11 is 0. The van der Waals surface area contributed by atoms with Gasteiger partial charge in [0, 0.05) is 12.1 Å². The first kappa shape index (κ1) is 13.6. The van der Waals surface area contributed by atoms with Gasteiger partial charge in [0.15, 0.2) is 5.76 Å². The van der Waals surface area contributed by atoms with Crippen molar-refractivity contribution in [1.29, 1.82) is 0 Å². The lowest BCUT2D eigenvalue weighted by atomic mass is 9.85. The summed E-state index contributed by atoms with van der Waals surface area (Å²) < 4.78 is 11.1. The molecule has 1 aromatic carbocycles. The minimum atomic E-state index is -0.116. The van der Waals surface area contributed by atoms with E-state index in [1.54, 1.807) is 0 Å². The summed E-state index contributed by atoms with van der Waals surface area (Å²) in [4.78, 5) is 0. The number of hydrogen-bond acceptors (Lipinski definition) is 4. The van der Waals surface area contributed by atoms with Crippen molar-refractivity contribution in [2.24, 2.45) is 5.73 Å². The lowest BCUT2D eigenvalue weighted by Gasteiger charge is -2.19. The van der Waals surface area contributed by atoms with Gasteiger partial charge in [0.1, 0.15) is 6.61 Å². The minimum Gasteiger partial charge on any atom is -0.474 e. The van der Waals surface area contributed by atoms with Gasteiger partial charge in [-0.05, 0) is 10.6 Å². The molecule has 19 heavy (non-hydrogen) atoms. The molecule has 0 unspecified atom stereocenters. The van der Waals surface area contributed by atoms with Gasteiger partial charge in [0.25, 0.3) is 5.88 Å². The molecule has 0 saturated heterocycles. The van der Waals surface area contributed by atoms with E-state index in [4.69, 9.17) is 15.0 Å². The maximum absolute atomic E-state index is 5.59. The highest BCUT2D eigenvalue weighted by Gasteiger charge is 2.29. The number of hydrogen-bond donors (Lipinski definition) is 1. The first-order valence-electron chi connectivity index (χ1n) is 6.42. The third kappa shape index (κ3) is 2.96. The van der Waals surface area contributed by atoms with Gasteiger partial charge in [-0.1, -0.05) is 51.1 Å². The van der Waals surface area contributed by atoms with Gasteiger partial charge in [-0.15, -0.1) is 0 Å². The SMILES string of the molecule is CC(C)(C)c1c(OCCN)noc1-c1ccccc1. The van der Waals surface area contributed by atoms with E-state index in [0.717, 1.165) is 16.9 Å². The molecular formula is C15H20N2O2. The Kier molecular flexibility index (Phi) is 3.90. The molecule has 0 aliphatic carbocycles. The van der Waals surface area contributed by atoms with Crippen molar-refractivity contribution in [3.63, 3.8) is 0 Å². The Bertz CT molecular complexity index is 527. The smallest absolute Gasteiger partial charge is 0.258 e. The number of rotatable bonds is 4. The first-order chi connectivity index (χ1) is 9.04.